The minimum Gasteiger partial charge on any atom is -0.633 e. The molecule has 5 rings (SSSR count). The molecule has 0 amide bonds. The first kappa shape index (κ1) is 11.8. The molecule has 1 saturated carbocycles. The Bertz CT molecular complexity index is 873. The largest absolute Gasteiger partial charge is 0.633 e. The van der Waals surface area contributed by atoms with E-state index >= 15 is 0 Å². The first-order valence-electron chi connectivity index (χ1n) is 9.81. The van der Waals surface area contributed by atoms with E-state index in [1.54, 1.807) is 12.1 Å². The number of methoxy groups -OCH3 is 1. The predicted molar refractivity (Wildman–Crippen MR) is 84.8 cm³/mol. The Morgan fingerprint density at radius 1 is 1.50 bits per heavy atom. The lowest BCUT2D eigenvalue weighted by Gasteiger charge is -2.65. The van der Waals surface area contributed by atoms with Gasteiger partial charge in [-0.25, -0.2) is 0 Å². The van der Waals surface area contributed by atoms with Crippen molar-refractivity contribution in [3.8, 4) is 11.5 Å². The van der Waals surface area contributed by atoms with Crippen LogP contribution in [0.15, 0.2) is 12.1 Å². The predicted octanol–water partition coefficient (Wildman–Crippen LogP) is 1.06. The number of hydrogen-bond donors (Lipinski definition) is 1. The number of Topliss-reactive ketones (excluding diaryl/α,β-unsaturated/α-hetero) is 1. The Morgan fingerprint density at radius 3 is 3.08 bits per heavy atom. The van der Waals surface area contributed by atoms with Gasteiger partial charge in [-0.15, -0.1) is 0 Å². The molecule has 2 bridgehead atoms. The van der Waals surface area contributed by atoms with Gasteiger partial charge in [0.15, 0.2) is 23.4 Å². The Balaban J connectivity index is 1.82. The van der Waals surface area contributed by atoms with Crippen LogP contribution in [0.1, 0.15) is 34.5 Å². The number of piperidine rings is 1. The van der Waals surface area contributed by atoms with Crippen LogP contribution >= 0.6 is 0 Å². The maximum absolute atomic E-state index is 13.5. The molecule has 6 nitrogen and oxygen atoms in total. The van der Waals surface area contributed by atoms with Gasteiger partial charge in [0.25, 0.3) is 0 Å². The topological polar surface area (TPSA) is 78.8 Å². The average Bonchev–Trinajstić information content (AvgIpc) is 2.96. The first-order valence-corrected chi connectivity index (χ1v) is 8.31. The summed E-state index contributed by atoms with van der Waals surface area (Å²) in [5, 5.41) is 25.4. The number of carbonyl (C=O) groups excluding carboxylic acids is 1. The lowest BCUT2D eigenvalue weighted by atomic mass is 9.49. The molecule has 5 atom stereocenters. The molecule has 1 spiro atoms. The highest BCUT2D eigenvalue weighted by Crippen LogP contribution is 2.65. The van der Waals surface area contributed by atoms with Crippen molar-refractivity contribution in [3.05, 3.63) is 28.5 Å². The highest BCUT2D eigenvalue weighted by Gasteiger charge is 2.75. The summed E-state index contributed by atoms with van der Waals surface area (Å²) >= 11 is 0. The number of nitrogens with zero attached hydrogens (tertiary/aromatic N) is 1. The third-order valence-corrected chi connectivity index (χ3v) is 6.68. The number of benzene rings is 1. The number of quaternary nitrogens is 1. The molecule has 24 heavy (non-hydrogen) atoms. The second-order valence-corrected chi connectivity index (χ2v) is 7.48. The van der Waals surface area contributed by atoms with E-state index in [0.29, 0.717) is 11.5 Å². The normalized spacial score (nSPS) is 47.1. The lowest BCUT2D eigenvalue weighted by molar-refractivity contribution is -0.904. The van der Waals surface area contributed by atoms with Crippen LogP contribution in [0.3, 0.4) is 0 Å². The van der Waals surface area contributed by atoms with Crippen molar-refractivity contribution in [1.29, 1.82) is 0 Å². The van der Waals surface area contributed by atoms with Gasteiger partial charge in [0.05, 0.1) is 30.2 Å². The molecule has 6 heteroatoms. The third-order valence-electron chi connectivity index (χ3n) is 6.68. The van der Waals surface area contributed by atoms with Crippen molar-refractivity contribution >= 4 is 5.78 Å². The van der Waals surface area contributed by atoms with E-state index in [1.807, 2.05) is 0 Å². The quantitative estimate of drug-likeness (QED) is 0.614. The molecule has 1 saturated heterocycles. The summed E-state index contributed by atoms with van der Waals surface area (Å²) in [6.07, 6.45) is -0.548. The Hall–Kier alpha value is -1.63. The van der Waals surface area contributed by atoms with E-state index in [-0.39, 0.29) is 38.0 Å². The zero-order valence-corrected chi connectivity index (χ0v) is 13.4. The number of aliphatic hydroxyl groups is 1. The molecular formula is C18H21NO5. The molecule has 2 fully saturated rings. The fraction of sp³-hybridized carbons (Fsp3) is 0.611. The molecule has 1 N–H and O–H groups in total. The van der Waals surface area contributed by atoms with Gasteiger partial charge in [0.2, 0.25) is 0 Å². The molecular weight excluding hydrogens is 310 g/mol. The summed E-state index contributed by atoms with van der Waals surface area (Å²) in [5.41, 5.74) is -1.19. The molecule has 1 aromatic rings. The number of rotatable bonds is 1. The molecule has 4 aliphatic rings. The van der Waals surface area contributed by atoms with Gasteiger partial charge in [-0.1, -0.05) is 6.07 Å². The summed E-state index contributed by atoms with van der Waals surface area (Å²) < 4.78 is 33.6. The minimum absolute atomic E-state index is 0.0616. The highest BCUT2D eigenvalue weighted by molar-refractivity contribution is 5.90. The van der Waals surface area contributed by atoms with E-state index in [4.69, 9.17) is 13.6 Å². The van der Waals surface area contributed by atoms with E-state index in [2.05, 4.69) is 0 Å². The second-order valence-electron chi connectivity index (χ2n) is 7.48. The van der Waals surface area contributed by atoms with Crippen LogP contribution in [0.2, 0.25) is 0 Å². The zero-order valence-electron chi connectivity index (χ0n) is 16.4. The Labute approximate surface area is 144 Å². The molecule has 2 aliphatic heterocycles. The van der Waals surface area contributed by atoms with E-state index < -0.39 is 34.8 Å². The van der Waals surface area contributed by atoms with Gasteiger partial charge in [-0.05, 0) is 18.1 Å². The number of ether oxygens (including phenoxy) is 2. The van der Waals surface area contributed by atoms with Crippen LogP contribution in [-0.2, 0) is 16.6 Å². The number of likely N-dealkylation sites (tertiary alicyclic amines) is 1. The highest BCUT2D eigenvalue weighted by atomic mass is 16.6. The van der Waals surface area contributed by atoms with Crippen LogP contribution in [0, 0.1) is 5.21 Å². The van der Waals surface area contributed by atoms with Crippen LogP contribution in [0.5, 0.6) is 11.5 Å². The fourth-order valence-electron chi connectivity index (χ4n) is 5.65. The van der Waals surface area contributed by atoms with Gasteiger partial charge in [0, 0.05) is 24.8 Å². The average molecular weight is 334 g/mol. The number of hydrogen-bond acceptors (Lipinski definition) is 5. The van der Waals surface area contributed by atoms with Crippen molar-refractivity contribution < 1.29 is 28.1 Å². The van der Waals surface area contributed by atoms with Crippen molar-refractivity contribution in [2.75, 3.05) is 20.6 Å². The Morgan fingerprint density at radius 2 is 2.33 bits per heavy atom. The van der Waals surface area contributed by atoms with Crippen molar-refractivity contribution in [2.45, 2.75) is 48.8 Å². The number of hydroxylamine groups is 3. The molecule has 2 heterocycles. The van der Waals surface area contributed by atoms with Crippen molar-refractivity contribution in [1.82, 2.24) is 0 Å². The van der Waals surface area contributed by atoms with Gasteiger partial charge in [-0.3, -0.25) is 4.79 Å². The van der Waals surface area contributed by atoms with Gasteiger partial charge in [0.1, 0.15) is 11.6 Å². The van der Waals surface area contributed by atoms with Gasteiger partial charge >= 0.3 is 0 Å². The summed E-state index contributed by atoms with van der Waals surface area (Å²) in [6.45, 7) is -2.99. The fourth-order valence-corrected chi connectivity index (χ4v) is 5.65. The minimum atomic E-state index is -2.80. The molecule has 1 aromatic carbocycles. The van der Waals surface area contributed by atoms with Crippen molar-refractivity contribution in [2.24, 2.45) is 0 Å². The number of likely N-dealkylation sites (N-methyl/N-ethyl adjacent to an activating group) is 1. The second kappa shape index (κ2) is 4.12. The zero-order chi connectivity index (χ0) is 19.4. The SMILES string of the molecule is [2H]C([2H])([2H])[N+]1([O-])CC[C@]23c4c5ccc(OC)c4O[C@H]2C(=O)CC[C@@]3(O)[C@H]1C5. The van der Waals surface area contributed by atoms with E-state index in [0.717, 1.165) is 11.1 Å². The smallest absolute Gasteiger partial charge is 0.174 e. The Kier molecular flexibility index (Phi) is 2.04. The molecule has 0 radical (unpaired) electrons. The first-order chi connectivity index (χ1) is 12.6. The maximum atomic E-state index is 13.5. The monoisotopic (exact) mass is 334 g/mol. The van der Waals surface area contributed by atoms with Gasteiger partial charge < -0.3 is 24.4 Å². The van der Waals surface area contributed by atoms with Crippen LogP contribution in [0.4, 0.5) is 0 Å². The van der Waals surface area contributed by atoms with E-state index in [9.17, 15) is 15.1 Å². The lowest BCUT2D eigenvalue weighted by Crippen LogP contribution is -2.79. The van der Waals surface area contributed by atoms with Crippen LogP contribution in [0.25, 0.3) is 0 Å². The summed E-state index contributed by atoms with van der Waals surface area (Å²) in [4.78, 5) is 12.7. The van der Waals surface area contributed by atoms with E-state index in [1.165, 1.54) is 7.11 Å². The van der Waals surface area contributed by atoms with Crippen LogP contribution in [-0.4, -0.2) is 53.9 Å². The molecule has 1 unspecified atom stereocenters. The van der Waals surface area contributed by atoms with Crippen molar-refractivity contribution in [3.63, 3.8) is 0 Å². The van der Waals surface area contributed by atoms with Gasteiger partial charge in [-0.2, -0.15) is 0 Å². The standard InChI is InChI=1S/C18H21NO5/c1-19(22)8-7-17-14-10-3-4-12(23-2)15(14)24-16(17)11(20)5-6-18(17,21)13(19)9-10/h3-4,13,16,21H,5-9H2,1-2H3/t13-,16+,17+,18-,19?/m1/s1/i1D3. The molecule has 0 aromatic heterocycles. The molecule has 128 valence electrons. The van der Waals surface area contributed by atoms with Crippen LogP contribution < -0.4 is 9.47 Å². The maximum Gasteiger partial charge on any atom is 0.174 e. The summed E-state index contributed by atoms with van der Waals surface area (Å²) in [7, 11) is 1.51. The number of carbonyl (C=O) groups is 1. The third kappa shape index (κ3) is 1.35. The summed E-state index contributed by atoms with van der Waals surface area (Å²) in [6, 6.07) is 2.44. The number of ketones is 1. The molecule has 2 aliphatic carbocycles. The summed E-state index contributed by atoms with van der Waals surface area (Å²) in [5.74, 6) is 0.812.